The maximum absolute atomic E-state index is 12.4. The van der Waals surface area contributed by atoms with Crippen LogP contribution in [0.3, 0.4) is 0 Å². The fourth-order valence-electron chi connectivity index (χ4n) is 2.01. The third kappa shape index (κ3) is 2.02. The second-order valence-electron chi connectivity index (χ2n) is 3.95. The number of benzene rings is 1. The monoisotopic (exact) mass is 290 g/mol. The number of rotatable bonds is 2. The number of aromatic nitrogens is 2. The summed E-state index contributed by atoms with van der Waals surface area (Å²) in [6.07, 6.45) is 0. The van der Waals surface area contributed by atoms with E-state index in [1.54, 1.807) is 9.95 Å². The highest BCUT2D eigenvalue weighted by atomic mass is 32.2. The lowest BCUT2D eigenvalue weighted by Gasteiger charge is -2.08. The Morgan fingerprint density at radius 2 is 2.05 bits per heavy atom. The van der Waals surface area contributed by atoms with E-state index in [1.807, 2.05) is 31.2 Å². The Morgan fingerprint density at radius 1 is 1.26 bits per heavy atom. The first-order chi connectivity index (χ1) is 9.20. The second-order valence-corrected chi connectivity index (χ2v) is 6.07. The number of nitrogens with zero attached hydrogens (tertiary/aromatic N) is 2. The van der Waals surface area contributed by atoms with Gasteiger partial charge in [-0.15, -0.1) is 0 Å². The lowest BCUT2D eigenvalue weighted by Crippen LogP contribution is -2.22. The van der Waals surface area contributed by atoms with Crippen molar-refractivity contribution in [2.24, 2.45) is 0 Å². The number of aryl methyl sites for hydroxylation is 1. The van der Waals surface area contributed by atoms with Crippen molar-refractivity contribution in [1.82, 2.24) is 9.55 Å². The predicted molar refractivity (Wildman–Crippen MR) is 79.1 cm³/mol. The van der Waals surface area contributed by atoms with Crippen molar-refractivity contribution in [2.45, 2.75) is 13.5 Å². The fourth-order valence-corrected chi connectivity index (χ4v) is 3.68. The molecule has 4 nitrogen and oxygen atoms in total. The molecule has 0 unspecified atom stereocenters. The second kappa shape index (κ2) is 4.71. The average Bonchev–Trinajstić information content (AvgIpc) is 2.84. The summed E-state index contributed by atoms with van der Waals surface area (Å²) in [6.45, 7) is 2.50. The Balaban J connectivity index is 2.41. The van der Waals surface area contributed by atoms with Gasteiger partial charge in [-0.05, 0) is 19.1 Å². The Kier molecular flexibility index (Phi) is 3.04. The van der Waals surface area contributed by atoms with E-state index >= 15 is 0 Å². The van der Waals surface area contributed by atoms with Crippen molar-refractivity contribution >= 4 is 33.7 Å². The van der Waals surface area contributed by atoms with Crippen LogP contribution in [0.2, 0.25) is 0 Å². The molecule has 19 heavy (non-hydrogen) atoms. The quantitative estimate of drug-likeness (QED) is 0.729. The minimum Gasteiger partial charge on any atom is -0.305 e. The molecule has 0 amide bonds. The molecule has 96 valence electrons. The zero-order chi connectivity index (χ0) is 13.4. The lowest BCUT2D eigenvalue weighted by molar-refractivity contribution is 0.756. The van der Waals surface area contributed by atoms with Crippen molar-refractivity contribution in [3.63, 3.8) is 0 Å². The van der Waals surface area contributed by atoms with Crippen molar-refractivity contribution in [1.29, 1.82) is 0 Å². The van der Waals surface area contributed by atoms with Gasteiger partial charge in [-0.1, -0.05) is 34.8 Å². The van der Waals surface area contributed by atoms with E-state index in [2.05, 4.69) is 4.98 Å². The largest absolute Gasteiger partial charge is 0.305 e. The van der Waals surface area contributed by atoms with Gasteiger partial charge in [-0.3, -0.25) is 9.59 Å². The Labute approximate surface area is 116 Å². The van der Waals surface area contributed by atoms with Crippen LogP contribution in [0.5, 0.6) is 0 Å². The number of hydrogen-bond acceptors (Lipinski definition) is 5. The van der Waals surface area contributed by atoms with Crippen molar-refractivity contribution < 1.29 is 0 Å². The minimum atomic E-state index is -0.143. The van der Waals surface area contributed by atoms with E-state index in [1.165, 1.54) is 0 Å². The molecule has 6 heteroatoms. The van der Waals surface area contributed by atoms with Crippen LogP contribution in [0.1, 0.15) is 6.92 Å². The molecule has 1 aromatic carbocycles. The maximum atomic E-state index is 12.4. The molecule has 0 saturated carbocycles. The highest BCUT2D eigenvalue weighted by Gasteiger charge is 2.13. The zero-order valence-corrected chi connectivity index (χ0v) is 11.8. The highest BCUT2D eigenvalue weighted by molar-refractivity contribution is 7.28. The van der Waals surface area contributed by atoms with E-state index < -0.39 is 0 Å². The third-order valence-electron chi connectivity index (χ3n) is 2.86. The van der Waals surface area contributed by atoms with Gasteiger partial charge >= 0.3 is 0 Å². The van der Waals surface area contributed by atoms with E-state index in [0.717, 1.165) is 33.7 Å². The molecule has 0 aliphatic rings. The normalized spacial score (nSPS) is 11.0. The molecule has 0 saturated heterocycles. The standard InChI is InChI=1S/C13H10N2O2S2/c1-2-15-9-6-4-3-5-8(9)14-11(12(15)16)10-7-18-13(17)19-10/h3-7H,2H2,1H3. The maximum Gasteiger partial charge on any atom is 0.288 e. The molecule has 0 bridgehead atoms. The van der Waals surface area contributed by atoms with Crippen LogP contribution in [0.15, 0.2) is 39.2 Å². The minimum absolute atomic E-state index is 0.0209. The predicted octanol–water partition coefficient (Wildman–Crippen LogP) is 2.57. The van der Waals surface area contributed by atoms with E-state index in [9.17, 15) is 9.59 Å². The molecular weight excluding hydrogens is 280 g/mol. The molecule has 0 aliphatic heterocycles. The third-order valence-corrected chi connectivity index (χ3v) is 4.79. The summed E-state index contributed by atoms with van der Waals surface area (Å²) in [4.78, 5) is 28.8. The van der Waals surface area contributed by atoms with Crippen LogP contribution in [-0.2, 0) is 6.54 Å². The summed E-state index contributed by atoms with van der Waals surface area (Å²) in [6, 6.07) is 7.53. The van der Waals surface area contributed by atoms with Gasteiger partial charge in [0.15, 0.2) is 0 Å². The molecule has 0 spiro atoms. The van der Waals surface area contributed by atoms with Crippen molar-refractivity contribution in [3.05, 3.63) is 48.9 Å². The molecule has 3 aromatic rings. The SMILES string of the molecule is CCn1c(=O)c(-c2csc(=O)s2)nc2ccccc21. The summed E-state index contributed by atoms with van der Waals surface area (Å²) in [5.41, 5.74) is 1.81. The molecule has 0 aliphatic carbocycles. The first kappa shape index (κ1) is 12.3. The number of para-hydroxylation sites is 2. The Hall–Kier alpha value is -1.79. The molecule has 2 heterocycles. The molecule has 0 N–H and O–H groups in total. The first-order valence-electron chi connectivity index (χ1n) is 5.79. The van der Waals surface area contributed by atoms with Crippen molar-refractivity contribution in [2.75, 3.05) is 0 Å². The highest BCUT2D eigenvalue weighted by Crippen LogP contribution is 2.21. The van der Waals surface area contributed by atoms with Crippen LogP contribution in [0.4, 0.5) is 0 Å². The molecule has 0 atom stereocenters. The van der Waals surface area contributed by atoms with Gasteiger partial charge in [0, 0.05) is 11.9 Å². The molecule has 0 radical (unpaired) electrons. The summed E-state index contributed by atoms with van der Waals surface area (Å²) in [5.74, 6) is 0. The van der Waals surface area contributed by atoms with E-state index in [-0.39, 0.29) is 9.62 Å². The van der Waals surface area contributed by atoms with Gasteiger partial charge in [-0.2, -0.15) is 0 Å². The van der Waals surface area contributed by atoms with Gasteiger partial charge in [0.1, 0.15) is 5.69 Å². The summed E-state index contributed by atoms with van der Waals surface area (Å²) in [7, 11) is 0. The van der Waals surface area contributed by atoms with Gasteiger partial charge in [0.05, 0.1) is 15.9 Å². The lowest BCUT2D eigenvalue weighted by atomic mass is 10.2. The molecule has 2 aromatic heterocycles. The smallest absolute Gasteiger partial charge is 0.288 e. The van der Waals surface area contributed by atoms with Gasteiger partial charge in [0.25, 0.3) is 9.62 Å². The average molecular weight is 290 g/mol. The topological polar surface area (TPSA) is 52.0 Å². The molecule has 3 rings (SSSR count). The molecular formula is C13H10N2O2S2. The van der Waals surface area contributed by atoms with Crippen LogP contribution >= 0.6 is 22.7 Å². The zero-order valence-electron chi connectivity index (χ0n) is 10.1. The Bertz CT molecular complexity index is 861. The van der Waals surface area contributed by atoms with Crippen molar-refractivity contribution in [3.8, 4) is 10.6 Å². The first-order valence-corrected chi connectivity index (χ1v) is 7.49. The number of fused-ring (bicyclic) bond motifs is 1. The summed E-state index contributed by atoms with van der Waals surface area (Å²) < 4.78 is 1.67. The van der Waals surface area contributed by atoms with Crippen LogP contribution in [0, 0.1) is 0 Å². The molecule has 0 fully saturated rings. The summed E-state index contributed by atoms with van der Waals surface area (Å²) >= 11 is 2.17. The Morgan fingerprint density at radius 3 is 2.74 bits per heavy atom. The van der Waals surface area contributed by atoms with Crippen LogP contribution < -0.4 is 9.62 Å². The van der Waals surface area contributed by atoms with Crippen LogP contribution in [-0.4, -0.2) is 9.55 Å². The van der Waals surface area contributed by atoms with Gasteiger partial charge < -0.3 is 4.57 Å². The fraction of sp³-hybridized carbons (Fsp3) is 0.154. The van der Waals surface area contributed by atoms with E-state index in [4.69, 9.17) is 0 Å². The van der Waals surface area contributed by atoms with Crippen LogP contribution in [0.25, 0.3) is 21.6 Å². The summed E-state index contributed by atoms with van der Waals surface area (Å²) in [5, 5.41) is 1.70. The van der Waals surface area contributed by atoms with E-state index in [0.29, 0.717) is 17.1 Å². The van der Waals surface area contributed by atoms with Gasteiger partial charge in [0.2, 0.25) is 0 Å². The van der Waals surface area contributed by atoms with Gasteiger partial charge in [-0.25, -0.2) is 4.98 Å². The number of hydrogen-bond donors (Lipinski definition) is 0.